The Balaban J connectivity index is 1.98. The number of hydrogen-bond acceptors (Lipinski definition) is 3. The van der Waals surface area contributed by atoms with Crippen LogP contribution in [0.15, 0.2) is 35.7 Å². The monoisotopic (exact) mass is 304 g/mol. The molecule has 0 saturated carbocycles. The fourth-order valence-electron chi connectivity index (χ4n) is 1.94. The highest BCUT2D eigenvalue weighted by molar-refractivity contribution is 7.10. The van der Waals surface area contributed by atoms with E-state index in [-0.39, 0.29) is 11.3 Å². The van der Waals surface area contributed by atoms with Crippen LogP contribution in [-0.2, 0) is 13.0 Å². The molecule has 5 nitrogen and oxygen atoms in total. The van der Waals surface area contributed by atoms with Gasteiger partial charge in [0.2, 0.25) is 0 Å². The van der Waals surface area contributed by atoms with Gasteiger partial charge in [-0.25, -0.2) is 9.59 Å². The van der Waals surface area contributed by atoms with E-state index in [1.54, 1.807) is 29.5 Å². The molecule has 2 rings (SSSR count). The van der Waals surface area contributed by atoms with Gasteiger partial charge in [-0.2, -0.15) is 0 Å². The predicted molar refractivity (Wildman–Crippen MR) is 83.0 cm³/mol. The van der Waals surface area contributed by atoms with E-state index in [9.17, 15) is 9.59 Å². The van der Waals surface area contributed by atoms with Crippen molar-refractivity contribution >= 4 is 29.0 Å². The largest absolute Gasteiger partial charge is 0.478 e. The van der Waals surface area contributed by atoms with E-state index in [0.29, 0.717) is 6.54 Å². The second kappa shape index (κ2) is 6.90. The molecule has 0 aliphatic heterocycles. The second-order valence-electron chi connectivity index (χ2n) is 4.38. The zero-order chi connectivity index (χ0) is 15.2. The third-order valence-electron chi connectivity index (χ3n) is 3.03. The van der Waals surface area contributed by atoms with Gasteiger partial charge in [0.25, 0.3) is 0 Å². The number of urea groups is 1. The number of hydrogen-bond donors (Lipinski definition) is 3. The summed E-state index contributed by atoms with van der Waals surface area (Å²) in [5.74, 6) is -1.07. The first-order chi connectivity index (χ1) is 10.1. The van der Waals surface area contributed by atoms with Crippen molar-refractivity contribution in [1.29, 1.82) is 0 Å². The molecular weight excluding hydrogens is 288 g/mol. The topological polar surface area (TPSA) is 78.4 Å². The van der Waals surface area contributed by atoms with E-state index >= 15 is 0 Å². The molecule has 0 aliphatic carbocycles. The van der Waals surface area contributed by atoms with E-state index < -0.39 is 12.0 Å². The zero-order valence-electron chi connectivity index (χ0n) is 11.6. The average Bonchev–Trinajstić information content (AvgIpc) is 2.93. The fourth-order valence-corrected chi connectivity index (χ4v) is 2.86. The number of carboxylic acid groups (broad SMARTS) is 1. The molecule has 1 aromatic heterocycles. The summed E-state index contributed by atoms with van der Waals surface area (Å²) in [7, 11) is 0. The standard InChI is InChI=1S/C15H16N2O3S/c1-2-10-7-8-21-13(10)9-16-15(20)17-12-6-4-3-5-11(12)14(18)19/h3-8H,2,9H2,1H3,(H,18,19)(H2,16,17,20). The Labute approximate surface area is 126 Å². The maximum atomic E-state index is 11.9. The van der Waals surface area contributed by atoms with E-state index in [4.69, 9.17) is 5.11 Å². The van der Waals surface area contributed by atoms with E-state index in [2.05, 4.69) is 17.6 Å². The molecule has 0 aliphatic rings. The molecule has 0 fully saturated rings. The Morgan fingerprint density at radius 2 is 2.00 bits per heavy atom. The van der Waals surface area contributed by atoms with Gasteiger partial charge < -0.3 is 15.7 Å². The third kappa shape index (κ3) is 3.82. The fraction of sp³-hybridized carbons (Fsp3) is 0.200. The summed E-state index contributed by atoms with van der Waals surface area (Å²) in [6.07, 6.45) is 0.921. The van der Waals surface area contributed by atoms with Crippen LogP contribution < -0.4 is 10.6 Å². The number of carbonyl (C=O) groups excluding carboxylic acids is 1. The van der Waals surface area contributed by atoms with Crippen LogP contribution in [0.5, 0.6) is 0 Å². The van der Waals surface area contributed by atoms with Crippen LogP contribution in [0.2, 0.25) is 0 Å². The van der Waals surface area contributed by atoms with Crippen molar-refractivity contribution in [2.45, 2.75) is 19.9 Å². The smallest absolute Gasteiger partial charge is 0.337 e. The Bertz CT molecular complexity index is 652. The molecule has 0 radical (unpaired) electrons. The van der Waals surface area contributed by atoms with Crippen LogP contribution in [0.25, 0.3) is 0 Å². The van der Waals surface area contributed by atoms with Gasteiger partial charge in [-0.3, -0.25) is 0 Å². The lowest BCUT2D eigenvalue weighted by molar-refractivity contribution is 0.0698. The maximum Gasteiger partial charge on any atom is 0.337 e. The van der Waals surface area contributed by atoms with Crippen LogP contribution in [0.4, 0.5) is 10.5 Å². The number of para-hydroxylation sites is 1. The lowest BCUT2D eigenvalue weighted by Crippen LogP contribution is -2.28. The van der Waals surface area contributed by atoms with Crippen LogP contribution in [-0.4, -0.2) is 17.1 Å². The van der Waals surface area contributed by atoms with Gasteiger partial charge in [0.15, 0.2) is 0 Å². The molecule has 6 heteroatoms. The van der Waals surface area contributed by atoms with Crippen molar-refractivity contribution in [2.75, 3.05) is 5.32 Å². The van der Waals surface area contributed by atoms with Crippen LogP contribution in [0.3, 0.4) is 0 Å². The summed E-state index contributed by atoms with van der Waals surface area (Å²) in [5.41, 5.74) is 1.56. The van der Waals surface area contributed by atoms with Crippen LogP contribution in [0, 0.1) is 0 Å². The zero-order valence-corrected chi connectivity index (χ0v) is 12.4. The van der Waals surface area contributed by atoms with Crippen LogP contribution in [0.1, 0.15) is 27.7 Å². The summed E-state index contributed by atoms with van der Waals surface area (Å²) in [6, 6.07) is 7.93. The van der Waals surface area contributed by atoms with Crippen molar-refractivity contribution in [3.63, 3.8) is 0 Å². The first kappa shape index (κ1) is 15.1. The molecular formula is C15H16N2O3S. The lowest BCUT2D eigenvalue weighted by atomic mass is 10.2. The third-order valence-corrected chi connectivity index (χ3v) is 4.00. The summed E-state index contributed by atoms with van der Waals surface area (Å²) < 4.78 is 0. The van der Waals surface area contributed by atoms with Crippen molar-refractivity contribution in [3.05, 3.63) is 51.7 Å². The molecule has 3 N–H and O–H groups in total. The molecule has 2 aromatic rings. The van der Waals surface area contributed by atoms with Gasteiger partial charge in [0.05, 0.1) is 17.8 Å². The summed E-state index contributed by atoms with van der Waals surface area (Å²) in [6.45, 7) is 2.50. The van der Waals surface area contributed by atoms with Crippen molar-refractivity contribution in [3.8, 4) is 0 Å². The SMILES string of the molecule is CCc1ccsc1CNC(=O)Nc1ccccc1C(=O)O. The van der Waals surface area contributed by atoms with Crippen molar-refractivity contribution in [1.82, 2.24) is 5.32 Å². The number of carboxylic acids is 1. The first-order valence-electron chi connectivity index (χ1n) is 6.54. The van der Waals surface area contributed by atoms with Crippen molar-refractivity contribution < 1.29 is 14.7 Å². The van der Waals surface area contributed by atoms with Gasteiger partial charge in [0, 0.05) is 4.88 Å². The number of aryl methyl sites for hydroxylation is 1. The Morgan fingerprint density at radius 1 is 1.24 bits per heavy atom. The predicted octanol–water partition coefficient (Wildman–Crippen LogP) is 3.33. The van der Waals surface area contributed by atoms with Gasteiger partial charge >= 0.3 is 12.0 Å². The molecule has 21 heavy (non-hydrogen) atoms. The normalized spacial score (nSPS) is 10.1. The first-order valence-corrected chi connectivity index (χ1v) is 7.42. The molecule has 0 spiro atoms. The van der Waals surface area contributed by atoms with Gasteiger partial charge in [-0.15, -0.1) is 11.3 Å². The number of rotatable bonds is 5. The second-order valence-corrected chi connectivity index (χ2v) is 5.38. The molecule has 1 aromatic carbocycles. The van der Waals surface area contributed by atoms with Gasteiger partial charge in [-0.1, -0.05) is 19.1 Å². The van der Waals surface area contributed by atoms with E-state index in [1.165, 1.54) is 11.6 Å². The number of amides is 2. The molecule has 0 bridgehead atoms. The molecule has 1 heterocycles. The number of thiophene rings is 1. The van der Waals surface area contributed by atoms with Gasteiger partial charge in [-0.05, 0) is 35.6 Å². The Kier molecular flexibility index (Phi) is 4.94. The molecule has 110 valence electrons. The van der Waals surface area contributed by atoms with E-state index in [0.717, 1.165) is 11.3 Å². The maximum absolute atomic E-state index is 11.9. The van der Waals surface area contributed by atoms with Crippen LogP contribution >= 0.6 is 11.3 Å². The number of anilines is 1. The highest BCUT2D eigenvalue weighted by atomic mass is 32.1. The lowest BCUT2D eigenvalue weighted by Gasteiger charge is -2.09. The quantitative estimate of drug-likeness (QED) is 0.792. The summed E-state index contributed by atoms with van der Waals surface area (Å²) in [5, 5.41) is 16.4. The minimum Gasteiger partial charge on any atom is -0.478 e. The highest BCUT2D eigenvalue weighted by Gasteiger charge is 2.11. The average molecular weight is 304 g/mol. The number of nitrogens with one attached hydrogen (secondary N) is 2. The number of aromatic carboxylic acids is 1. The Hall–Kier alpha value is -2.34. The Morgan fingerprint density at radius 3 is 2.71 bits per heavy atom. The summed E-state index contributed by atoms with van der Waals surface area (Å²) >= 11 is 1.59. The highest BCUT2D eigenvalue weighted by Crippen LogP contribution is 2.17. The molecule has 0 atom stereocenters. The minimum atomic E-state index is -1.07. The number of benzene rings is 1. The minimum absolute atomic E-state index is 0.0676. The number of carbonyl (C=O) groups is 2. The molecule has 0 saturated heterocycles. The van der Waals surface area contributed by atoms with E-state index in [1.807, 2.05) is 11.4 Å². The molecule has 2 amide bonds. The molecule has 0 unspecified atom stereocenters. The van der Waals surface area contributed by atoms with Gasteiger partial charge in [0.1, 0.15) is 0 Å². The van der Waals surface area contributed by atoms with Crippen molar-refractivity contribution in [2.24, 2.45) is 0 Å². The summed E-state index contributed by atoms with van der Waals surface area (Å²) in [4.78, 5) is 24.0.